The number of rotatable bonds is 4. The van der Waals surface area contributed by atoms with E-state index in [1.807, 2.05) is 24.3 Å². The van der Waals surface area contributed by atoms with E-state index in [0.717, 1.165) is 30.9 Å². The van der Waals surface area contributed by atoms with Gasteiger partial charge in [0.25, 0.3) is 0 Å². The predicted octanol–water partition coefficient (Wildman–Crippen LogP) is 1.83. The van der Waals surface area contributed by atoms with Gasteiger partial charge < -0.3 is 14.4 Å². The highest BCUT2D eigenvalue weighted by atomic mass is 16.5. The Kier molecular flexibility index (Phi) is 4.59. The van der Waals surface area contributed by atoms with Crippen molar-refractivity contribution in [1.29, 1.82) is 0 Å². The van der Waals surface area contributed by atoms with Crippen molar-refractivity contribution >= 4 is 5.91 Å². The van der Waals surface area contributed by atoms with Crippen molar-refractivity contribution in [2.75, 3.05) is 27.0 Å². The van der Waals surface area contributed by atoms with Crippen LogP contribution in [-0.4, -0.2) is 37.8 Å². The number of amides is 1. The van der Waals surface area contributed by atoms with Crippen LogP contribution in [0.4, 0.5) is 0 Å². The standard InChI is InChI=1S/C14H19NO3/c1-17-13-6-3-2-5-12(13)7-8-14(16)15-9-4-10-18-11-15/h2-3,5-6H,4,7-11H2,1H3. The molecule has 0 unspecified atom stereocenters. The summed E-state index contributed by atoms with van der Waals surface area (Å²) in [6.07, 6.45) is 2.14. The highest BCUT2D eigenvalue weighted by molar-refractivity contribution is 5.76. The lowest BCUT2D eigenvalue weighted by Crippen LogP contribution is -2.38. The van der Waals surface area contributed by atoms with Crippen molar-refractivity contribution in [3.05, 3.63) is 29.8 Å². The number of carbonyl (C=O) groups excluding carboxylic acids is 1. The summed E-state index contributed by atoms with van der Waals surface area (Å²) in [6.45, 7) is 2.01. The third kappa shape index (κ3) is 3.23. The van der Waals surface area contributed by atoms with E-state index in [9.17, 15) is 4.79 Å². The molecular formula is C14H19NO3. The van der Waals surface area contributed by atoms with Crippen LogP contribution in [0.1, 0.15) is 18.4 Å². The second-order valence-electron chi connectivity index (χ2n) is 4.36. The lowest BCUT2D eigenvalue weighted by molar-refractivity contribution is -0.140. The normalized spacial score (nSPS) is 15.5. The third-order valence-electron chi connectivity index (χ3n) is 3.12. The van der Waals surface area contributed by atoms with Gasteiger partial charge in [0.1, 0.15) is 12.5 Å². The SMILES string of the molecule is COc1ccccc1CCC(=O)N1CCCOC1. The third-order valence-corrected chi connectivity index (χ3v) is 3.12. The molecule has 0 atom stereocenters. The lowest BCUT2D eigenvalue weighted by atomic mass is 10.1. The van der Waals surface area contributed by atoms with Crippen LogP contribution >= 0.6 is 0 Å². The van der Waals surface area contributed by atoms with E-state index in [4.69, 9.17) is 9.47 Å². The minimum absolute atomic E-state index is 0.153. The number of carbonyl (C=O) groups is 1. The van der Waals surface area contributed by atoms with Crippen molar-refractivity contribution in [2.45, 2.75) is 19.3 Å². The van der Waals surface area contributed by atoms with E-state index in [2.05, 4.69) is 0 Å². The van der Waals surface area contributed by atoms with E-state index in [0.29, 0.717) is 19.6 Å². The first kappa shape index (κ1) is 12.9. The van der Waals surface area contributed by atoms with Crippen molar-refractivity contribution in [3.8, 4) is 5.75 Å². The summed E-state index contributed by atoms with van der Waals surface area (Å²) in [5.74, 6) is 1.00. The molecule has 98 valence electrons. The van der Waals surface area contributed by atoms with Crippen molar-refractivity contribution in [2.24, 2.45) is 0 Å². The van der Waals surface area contributed by atoms with E-state index >= 15 is 0 Å². The average Bonchev–Trinajstić information content (AvgIpc) is 2.46. The number of hydrogen-bond acceptors (Lipinski definition) is 3. The minimum Gasteiger partial charge on any atom is -0.496 e. The molecule has 0 spiro atoms. The van der Waals surface area contributed by atoms with Gasteiger partial charge in [0, 0.05) is 13.0 Å². The van der Waals surface area contributed by atoms with Crippen LogP contribution in [0, 0.1) is 0 Å². The summed E-state index contributed by atoms with van der Waals surface area (Å²) >= 11 is 0. The molecule has 1 saturated heterocycles. The molecule has 0 aromatic heterocycles. The molecular weight excluding hydrogens is 230 g/mol. The molecule has 1 aliphatic heterocycles. The zero-order valence-electron chi connectivity index (χ0n) is 10.7. The molecule has 1 aromatic carbocycles. The van der Waals surface area contributed by atoms with Gasteiger partial charge in [0.15, 0.2) is 0 Å². The van der Waals surface area contributed by atoms with Gasteiger partial charge in [-0.15, -0.1) is 0 Å². The van der Waals surface area contributed by atoms with E-state index in [1.165, 1.54) is 0 Å². The van der Waals surface area contributed by atoms with Gasteiger partial charge in [-0.05, 0) is 24.5 Å². The quantitative estimate of drug-likeness (QED) is 0.817. The molecule has 4 heteroatoms. The van der Waals surface area contributed by atoms with Gasteiger partial charge in [-0.2, -0.15) is 0 Å². The zero-order chi connectivity index (χ0) is 12.8. The molecule has 1 aromatic rings. The Bertz CT molecular complexity index is 400. The monoisotopic (exact) mass is 249 g/mol. The summed E-state index contributed by atoms with van der Waals surface area (Å²) < 4.78 is 10.6. The molecule has 0 radical (unpaired) electrons. The first-order valence-corrected chi connectivity index (χ1v) is 6.28. The molecule has 2 rings (SSSR count). The van der Waals surface area contributed by atoms with Crippen LogP contribution in [0.25, 0.3) is 0 Å². The molecule has 0 N–H and O–H groups in total. The fourth-order valence-corrected chi connectivity index (χ4v) is 2.10. The number of para-hydroxylation sites is 1. The van der Waals surface area contributed by atoms with Gasteiger partial charge in [0.2, 0.25) is 5.91 Å². The highest BCUT2D eigenvalue weighted by Gasteiger charge is 2.16. The molecule has 1 heterocycles. The predicted molar refractivity (Wildman–Crippen MR) is 68.5 cm³/mol. The largest absolute Gasteiger partial charge is 0.496 e. The minimum atomic E-state index is 0.153. The maximum absolute atomic E-state index is 12.0. The maximum Gasteiger partial charge on any atom is 0.224 e. The Morgan fingerprint density at radius 3 is 3.00 bits per heavy atom. The van der Waals surface area contributed by atoms with Crippen LogP contribution < -0.4 is 4.74 Å². The van der Waals surface area contributed by atoms with Crippen molar-refractivity contribution in [1.82, 2.24) is 4.90 Å². The average molecular weight is 249 g/mol. The lowest BCUT2D eigenvalue weighted by Gasteiger charge is -2.26. The molecule has 1 amide bonds. The van der Waals surface area contributed by atoms with Crippen LogP contribution in [0.5, 0.6) is 5.75 Å². The second kappa shape index (κ2) is 6.40. The molecule has 1 aliphatic rings. The van der Waals surface area contributed by atoms with Gasteiger partial charge in [0.05, 0.1) is 13.7 Å². The molecule has 0 saturated carbocycles. The number of nitrogens with zero attached hydrogens (tertiary/aromatic N) is 1. The molecule has 4 nitrogen and oxygen atoms in total. The van der Waals surface area contributed by atoms with Gasteiger partial charge in [-0.1, -0.05) is 18.2 Å². The number of aryl methyl sites for hydroxylation is 1. The number of benzene rings is 1. The fourth-order valence-electron chi connectivity index (χ4n) is 2.10. The van der Waals surface area contributed by atoms with Crippen LogP contribution in [-0.2, 0) is 16.0 Å². The van der Waals surface area contributed by atoms with Crippen LogP contribution in [0.2, 0.25) is 0 Å². The summed E-state index contributed by atoms with van der Waals surface area (Å²) in [5, 5.41) is 0. The summed E-state index contributed by atoms with van der Waals surface area (Å²) in [4.78, 5) is 13.8. The van der Waals surface area contributed by atoms with E-state index < -0.39 is 0 Å². The van der Waals surface area contributed by atoms with E-state index in [1.54, 1.807) is 12.0 Å². The first-order chi connectivity index (χ1) is 8.81. The molecule has 1 fully saturated rings. The van der Waals surface area contributed by atoms with Crippen molar-refractivity contribution in [3.63, 3.8) is 0 Å². The highest BCUT2D eigenvalue weighted by Crippen LogP contribution is 2.19. The number of hydrogen-bond donors (Lipinski definition) is 0. The van der Waals surface area contributed by atoms with Gasteiger partial charge >= 0.3 is 0 Å². The summed E-state index contributed by atoms with van der Waals surface area (Å²) in [5.41, 5.74) is 1.08. The summed E-state index contributed by atoms with van der Waals surface area (Å²) in [6, 6.07) is 7.82. The maximum atomic E-state index is 12.0. The first-order valence-electron chi connectivity index (χ1n) is 6.28. The number of methoxy groups -OCH3 is 1. The zero-order valence-corrected chi connectivity index (χ0v) is 10.7. The van der Waals surface area contributed by atoms with Gasteiger partial charge in [-0.3, -0.25) is 4.79 Å². The molecule has 0 bridgehead atoms. The molecule has 18 heavy (non-hydrogen) atoms. The second-order valence-corrected chi connectivity index (χ2v) is 4.36. The Labute approximate surface area is 107 Å². The Hall–Kier alpha value is -1.55. The smallest absolute Gasteiger partial charge is 0.224 e. The Morgan fingerprint density at radius 1 is 1.44 bits per heavy atom. The van der Waals surface area contributed by atoms with Crippen LogP contribution in [0.15, 0.2) is 24.3 Å². The fraction of sp³-hybridized carbons (Fsp3) is 0.500. The Balaban J connectivity index is 1.88. The van der Waals surface area contributed by atoms with Gasteiger partial charge in [-0.25, -0.2) is 0 Å². The summed E-state index contributed by atoms with van der Waals surface area (Å²) in [7, 11) is 1.65. The van der Waals surface area contributed by atoms with Crippen LogP contribution in [0.3, 0.4) is 0 Å². The number of ether oxygens (including phenoxy) is 2. The molecule has 0 aliphatic carbocycles. The van der Waals surface area contributed by atoms with Crippen molar-refractivity contribution < 1.29 is 14.3 Å². The topological polar surface area (TPSA) is 38.8 Å². The van der Waals surface area contributed by atoms with E-state index in [-0.39, 0.29) is 5.91 Å². The Morgan fingerprint density at radius 2 is 2.28 bits per heavy atom.